The van der Waals surface area contributed by atoms with Crippen molar-refractivity contribution >= 4 is 57.7 Å². The van der Waals surface area contributed by atoms with Crippen LogP contribution < -0.4 is 15.4 Å². The second-order valence-electron chi connectivity index (χ2n) is 18.8. The third-order valence-electron chi connectivity index (χ3n) is 13.1. The molecule has 3 amide bonds. The van der Waals surface area contributed by atoms with Crippen LogP contribution in [-0.2, 0) is 20.9 Å². The lowest BCUT2D eigenvalue weighted by molar-refractivity contribution is -0.142. The van der Waals surface area contributed by atoms with E-state index < -0.39 is 18.1 Å². The Morgan fingerprint density at radius 2 is 1.67 bits per heavy atom. The van der Waals surface area contributed by atoms with Crippen LogP contribution in [0.1, 0.15) is 97.1 Å². The molecule has 2 N–H and O–H groups in total. The minimum atomic E-state index is -0.616. The maximum atomic E-state index is 14.5. The van der Waals surface area contributed by atoms with Gasteiger partial charge in [0.2, 0.25) is 17.7 Å². The Bertz CT molecular complexity index is 3080. The van der Waals surface area contributed by atoms with Gasteiger partial charge in [0.15, 0.2) is 5.82 Å². The number of aryl methyl sites for hydroxylation is 3. The first-order chi connectivity index (χ1) is 33.6. The first kappa shape index (κ1) is 48.5. The summed E-state index contributed by atoms with van der Waals surface area (Å²) in [6.45, 7) is 17.2. The van der Waals surface area contributed by atoms with Gasteiger partial charge in [0.25, 0.3) is 0 Å². The van der Waals surface area contributed by atoms with Gasteiger partial charge in [-0.25, -0.2) is 4.98 Å². The number of thiophene rings is 1. The van der Waals surface area contributed by atoms with E-state index in [9.17, 15) is 14.4 Å². The molecule has 0 radical (unpaired) electrons. The zero-order valence-electron chi connectivity index (χ0n) is 40.6. The van der Waals surface area contributed by atoms with E-state index in [-0.39, 0.29) is 48.6 Å². The summed E-state index contributed by atoms with van der Waals surface area (Å²) in [5.74, 6) is 1.55. The number of hydrogen-bond acceptors (Lipinski definition) is 11. The Hall–Kier alpha value is -6.49. The number of nitrogens with zero attached hydrogens (tertiary/aromatic N) is 8. The molecule has 9 rings (SSSR count). The number of carbonyl (C=O) groups is 3. The SMILES string of the molecule is Cc1ncsc1-c1ccc(CNC(=O)[C@@H]2C[C@@H](C)CN2C(=O)[C@@H](C(C)C)n2cc(-c3cccc(O[C@@H](C)CNC(=O)C[C@@H]4N=C(c5ccc(Cl)cc5)c5c(sc(C)c5C)-n5c(C)nnc54)c3)cn2)cc1. The lowest BCUT2D eigenvalue weighted by Crippen LogP contribution is -2.48. The fourth-order valence-electron chi connectivity index (χ4n) is 9.37. The number of nitrogens with one attached hydrogen (secondary N) is 2. The molecule has 0 bridgehead atoms. The maximum absolute atomic E-state index is 14.5. The number of aliphatic imine (C=N–C) groups is 1. The summed E-state index contributed by atoms with van der Waals surface area (Å²) in [7, 11) is 0. The number of halogens is 1. The third kappa shape index (κ3) is 10.1. The Morgan fingerprint density at radius 1 is 0.914 bits per heavy atom. The Balaban J connectivity index is 0.831. The normalized spacial score (nSPS) is 17.4. The summed E-state index contributed by atoms with van der Waals surface area (Å²) >= 11 is 9.56. The molecule has 17 heteroatoms. The standard InChI is InChI=1S/C53H57ClN10O4S2/c1-29(2)48(52(67)62-26-30(3)20-44(62)51(66)56-24-36-12-14-38(15-13-36)49-33(6)57-28-69-49)63-27-40(25-58-63)39-10-9-11-42(21-39)68-31(4)23-55-45(65)22-43-50-61-60-35(8)64(50)53-46(32(5)34(7)70-53)47(59-43)37-16-18-41(54)19-17-37/h9-19,21,25,27-31,43-44,48H,20,22-24,26H2,1-8H3,(H,55,65)(H,56,66)/t30-,31+,43+,44+,48-/m1/s1. The highest BCUT2D eigenvalue weighted by molar-refractivity contribution is 7.15. The Labute approximate surface area is 421 Å². The molecule has 7 aromatic rings. The second-order valence-corrected chi connectivity index (χ2v) is 21.3. The minimum absolute atomic E-state index is 0.0585. The van der Waals surface area contributed by atoms with Gasteiger partial charge in [-0.1, -0.05) is 80.9 Å². The van der Waals surface area contributed by atoms with Crippen molar-refractivity contribution in [3.63, 3.8) is 0 Å². The number of ether oxygens (including phenoxy) is 1. The molecular weight excluding hydrogens is 940 g/mol. The number of rotatable bonds is 15. The number of likely N-dealkylation sites (tertiary alicyclic amines) is 1. The van der Waals surface area contributed by atoms with E-state index in [0.717, 1.165) is 66.1 Å². The fourth-order valence-corrected chi connectivity index (χ4v) is 11.5. The maximum Gasteiger partial charge on any atom is 0.248 e. The number of hydrogen-bond donors (Lipinski definition) is 2. The van der Waals surface area contributed by atoms with Gasteiger partial charge < -0.3 is 20.3 Å². The van der Waals surface area contributed by atoms with Gasteiger partial charge in [-0.3, -0.25) is 28.6 Å². The van der Waals surface area contributed by atoms with Gasteiger partial charge in [-0.15, -0.1) is 32.9 Å². The van der Waals surface area contributed by atoms with Crippen LogP contribution in [0.15, 0.2) is 95.7 Å². The Morgan fingerprint density at radius 3 is 2.40 bits per heavy atom. The van der Waals surface area contributed by atoms with Crippen molar-refractivity contribution in [3.05, 3.63) is 140 Å². The number of aromatic nitrogens is 6. The predicted octanol–water partition coefficient (Wildman–Crippen LogP) is 9.82. The topological polar surface area (TPSA) is 162 Å². The lowest BCUT2D eigenvalue weighted by Gasteiger charge is -2.30. The molecule has 1 saturated heterocycles. The molecule has 2 aliphatic rings. The van der Waals surface area contributed by atoms with Crippen LogP contribution >= 0.6 is 34.3 Å². The molecule has 70 heavy (non-hydrogen) atoms. The molecule has 2 aliphatic heterocycles. The van der Waals surface area contributed by atoms with Crippen LogP contribution in [0.25, 0.3) is 26.6 Å². The number of fused-ring (bicyclic) bond motifs is 3. The van der Waals surface area contributed by atoms with Crippen molar-refractivity contribution in [1.29, 1.82) is 0 Å². The molecule has 0 unspecified atom stereocenters. The number of carbonyl (C=O) groups excluding carboxylic acids is 3. The summed E-state index contributed by atoms with van der Waals surface area (Å²) in [6.07, 6.45) is 3.91. The van der Waals surface area contributed by atoms with Gasteiger partial charge in [0.05, 0.1) is 41.0 Å². The van der Waals surface area contributed by atoms with Crippen molar-refractivity contribution < 1.29 is 19.1 Å². The summed E-state index contributed by atoms with van der Waals surface area (Å²) in [5, 5.41) is 21.4. The van der Waals surface area contributed by atoms with Crippen LogP contribution in [0, 0.1) is 39.5 Å². The minimum Gasteiger partial charge on any atom is -0.489 e. The molecule has 5 atom stereocenters. The molecule has 6 heterocycles. The fraction of sp³-hybridized carbons (Fsp3) is 0.358. The van der Waals surface area contributed by atoms with E-state index >= 15 is 0 Å². The molecule has 362 valence electrons. The predicted molar refractivity (Wildman–Crippen MR) is 276 cm³/mol. The number of benzene rings is 3. The Kier molecular flexibility index (Phi) is 14.2. The molecular formula is C53H57ClN10O4S2. The first-order valence-electron chi connectivity index (χ1n) is 23.6. The zero-order valence-corrected chi connectivity index (χ0v) is 43.0. The van der Waals surface area contributed by atoms with E-state index in [4.69, 9.17) is 26.4 Å². The molecule has 1 fully saturated rings. The lowest BCUT2D eigenvalue weighted by atomic mass is 9.99. The van der Waals surface area contributed by atoms with Crippen LogP contribution in [0.4, 0.5) is 0 Å². The van der Waals surface area contributed by atoms with Gasteiger partial charge in [0, 0.05) is 45.9 Å². The quantitative estimate of drug-likeness (QED) is 0.103. The highest BCUT2D eigenvalue weighted by Crippen LogP contribution is 2.40. The van der Waals surface area contributed by atoms with E-state index in [1.165, 1.54) is 4.88 Å². The zero-order chi connectivity index (χ0) is 49.4. The van der Waals surface area contributed by atoms with Gasteiger partial charge in [-0.05, 0) is 99.4 Å². The largest absolute Gasteiger partial charge is 0.489 e. The van der Waals surface area contributed by atoms with Crippen LogP contribution in [0.2, 0.25) is 5.02 Å². The van der Waals surface area contributed by atoms with Crippen LogP contribution in [0.3, 0.4) is 0 Å². The monoisotopic (exact) mass is 996 g/mol. The van der Waals surface area contributed by atoms with E-state index in [1.807, 2.05) is 112 Å². The molecule has 3 aromatic carbocycles. The average molecular weight is 998 g/mol. The van der Waals surface area contributed by atoms with Gasteiger partial charge in [-0.2, -0.15) is 5.10 Å². The summed E-state index contributed by atoms with van der Waals surface area (Å²) in [5.41, 5.74) is 10.4. The van der Waals surface area contributed by atoms with E-state index in [2.05, 4.69) is 58.7 Å². The smallest absolute Gasteiger partial charge is 0.248 e. The van der Waals surface area contributed by atoms with Crippen molar-refractivity contribution in [2.24, 2.45) is 16.8 Å². The molecule has 4 aromatic heterocycles. The van der Waals surface area contributed by atoms with Crippen molar-refractivity contribution in [2.45, 2.75) is 99.0 Å². The van der Waals surface area contributed by atoms with Crippen molar-refractivity contribution in [2.75, 3.05) is 13.1 Å². The summed E-state index contributed by atoms with van der Waals surface area (Å²) < 4.78 is 10.1. The second kappa shape index (κ2) is 20.5. The van der Waals surface area contributed by atoms with Gasteiger partial charge >= 0.3 is 0 Å². The molecule has 0 aliphatic carbocycles. The van der Waals surface area contributed by atoms with Crippen molar-refractivity contribution in [3.8, 4) is 32.3 Å². The van der Waals surface area contributed by atoms with Crippen LogP contribution in [-0.4, -0.2) is 83.1 Å². The highest BCUT2D eigenvalue weighted by Gasteiger charge is 2.42. The average Bonchev–Trinajstić information content (AvgIpc) is 4.19. The molecule has 14 nitrogen and oxygen atoms in total. The highest BCUT2D eigenvalue weighted by atomic mass is 35.5. The van der Waals surface area contributed by atoms with Crippen molar-refractivity contribution in [1.82, 2.24) is 45.1 Å². The van der Waals surface area contributed by atoms with E-state index in [0.29, 0.717) is 36.1 Å². The van der Waals surface area contributed by atoms with E-state index in [1.54, 1.807) is 38.5 Å². The number of amides is 3. The molecule has 0 spiro atoms. The first-order valence-corrected chi connectivity index (χ1v) is 25.7. The summed E-state index contributed by atoms with van der Waals surface area (Å²) in [4.78, 5) is 55.6. The van der Waals surface area contributed by atoms with Crippen LogP contribution in [0.5, 0.6) is 5.75 Å². The molecule has 0 saturated carbocycles. The number of thiazole rings is 1. The third-order valence-corrected chi connectivity index (χ3v) is 15.5. The summed E-state index contributed by atoms with van der Waals surface area (Å²) in [6, 6.07) is 21.7. The van der Waals surface area contributed by atoms with Gasteiger partial charge in [0.1, 0.15) is 40.8 Å².